The van der Waals surface area contributed by atoms with Crippen LogP contribution in [0.5, 0.6) is 0 Å². The maximum Gasteiger partial charge on any atom is 0.132 e. The molecule has 1 atom stereocenters. The van der Waals surface area contributed by atoms with E-state index in [2.05, 4.69) is 20.1 Å². The van der Waals surface area contributed by atoms with Crippen molar-refractivity contribution in [2.75, 3.05) is 6.54 Å². The highest BCUT2D eigenvalue weighted by atomic mass is 15.3. The molecule has 100 valence electrons. The van der Waals surface area contributed by atoms with Crippen molar-refractivity contribution in [2.45, 2.75) is 64.0 Å². The third-order valence-corrected chi connectivity index (χ3v) is 4.48. The predicted molar refractivity (Wildman–Crippen MR) is 71.3 cm³/mol. The smallest absolute Gasteiger partial charge is 0.132 e. The van der Waals surface area contributed by atoms with Crippen LogP contribution in [-0.4, -0.2) is 27.4 Å². The molecule has 0 aromatic carbocycles. The lowest BCUT2D eigenvalue weighted by Crippen LogP contribution is -2.36. The van der Waals surface area contributed by atoms with E-state index in [1.165, 1.54) is 57.3 Å². The number of aromatic nitrogens is 3. The van der Waals surface area contributed by atoms with Crippen LogP contribution in [0.4, 0.5) is 0 Å². The first-order valence-corrected chi connectivity index (χ1v) is 7.52. The molecule has 1 aromatic heterocycles. The topological polar surface area (TPSA) is 42.7 Å². The van der Waals surface area contributed by atoms with Crippen molar-refractivity contribution in [1.29, 1.82) is 0 Å². The zero-order valence-electron chi connectivity index (χ0n) is 11.1. The maximum absolute atomic E-state index is 4.15. The van der Waals surface area contributed by atoms with Gasteiger partial charge in [0.2, 0.25) is 0 Å². The summed E-state index contributed by atoms with van der Waals surface area (Å²) < 4.78 is 2.23. The van der Waals surface area contributed by atoms with Gasteiger partial charge in [0.1, 0.15) is 12.2 Å². The molecule has 2 aliphatic rings. The van der Waals surface area contributed by atoms with E-state index in [4.69, 9.17) is 0 Å². The van der Waals surface area contributed by atoms with Gasteiger partial charge in [-0.05, 0) is 31.7 Å². The predicted octanol–water partition coefficient (Wildman–Crippen LogP) is 2.15. The average Bonchev–Trinajstić information content (AvgIpc) is 2.70. The fourth-order valence-corrected chi connectivity index (χ4v) is 3.31. The summed E-state index contributed by atoms with van der Waals surface area (Å²) >= 11 is 0. The molecule has 2 heterocycles. The summed E-state index contributed by atoms with van der Waals surface area (Å²) in [7, 11) is 0. The Labute approximate surface area is 109 Å². The van der Waals surface area contributed by atoms with Crippen molar-refractivity contribution in [1.82, 2.24) is 20.1 Å². The van der Waals surface area contributed by atoms with Crippen LogP contribution in [0.1, 0.15) is 50.8 Å². The highest BCUT2D eigenvalue weighted by Crippen LogP contribution is 2.20. The molecule has 0 bridgehead atoms. The minimum Gasteiger partial charge on any atom is -0.317 e. The highest BCUT2D eigenvalue weighted by Gasteiger charge is 2.20. The average molecular weight is 248 g/mol. The molecule has 4 nitrogen and oxygen atoms in total. The Morgan fingerprint density at radius 3 is 2.83 bits per heavy atom. The first kappa shape index (κ1) is 12.2. The van der Waals surface area contributed by atoms with E-state index in [0.29, 0.717) is 0 Å². The highest BCUT2D eigenvalue weighted by molar-refractivity contribution is 4.92. The van der Waals surface area contributed by atoms with Crippen LogP contribution in [0.25, 0.3) is 0 Å². The monoisotopic (exact) mass is 248 g/mol. The van der Waals surface area contributed by atoms with Crippen LogP contribution < -0.4 is 5.32 Å². The lowest BCUT2D eigenvalue weighted by Gasteiger charge is -2.25. The lowest BCUT2D eigenvalue weighted by atomic mass is 9.98. The molecule has 0 saturated heterocycles. The molecule has 0 radical (unpaired) electrons. The standard InChI is InChI=1S/C14H24N4/c1-2-4-6-13(5-3-1)15-9-12-7-8-14-17-16-11-18(14)10-12/h11-13,15H,1-10H2. The molecule has 4 heteroatoms. The van der Waals surface area contributed by atoms with Gasteiger partial charge in [-0.3, -0.25) is 0 Å². The van der Waals surface area contributed by atoms with E-state index in [9.17, 15) is 0 Å². The van der Waals surface area contributed by atoms with Crippen LogP contribution in [0, 0.1) is 5.92 Å². The van der Waals surface area contributed by atoms with Crippen LogP contribution in [0.15, 0.2) is 6.33 Å². The third kappa shape index (κ3) is 2.91. The van der Waals surface area contributed by atoms with Crippen LogP contribution in [-0.2, 0) is 13.0 Å². The van der Waals surface area contributed by atoms with Crippen molar-refractivity contribution in [3.8, 4) is 0 Å². The second kappa shape index (κ2) is 5.83. The minimum absolute atomic E-state index is 0.761. The Kier molecular flexibility index (Phi) is 3.93. The molecule has 1 aromatic rings. The molecule has 0 spiro atoms. The third-order valence-electron chi connectivity index (χ3n) is 4.48. The van der Waals surface area contributed by atoms with Crippen molar-refractivity contribution in [3.63, 3.8) is 0 Å². The van der Waals surface area contributed by atoms with E-state index in [0.717, 1.165) is 24.9 Å². The molecule has 1 N–H and O–H groups in total. The van der Waals surface area contributed by atoms with Gasteiger partial charge in [0, 0.05) is 19.0 Å². The number of aryl methyl sites for hydroxylation is 1. The summed E-state index contributed by atoms with van der Waals surface area (Å²) in [6, 6.07) is 0.773. The molecule has 1 saturated carbocycles. The van der Waals surface area contributed by atoms with Gasteiger partial charge in [-0.25, -0.2) is 0 Å². The summed E-state index contributed by atoms with van der Waals surface area (Å²) in [5.74, 6) is 1.93. The Bertz CT molecular complexity index is 366. The zero-order valence-corrected chi connectivity index (χ0v) is 11.1. The Morgan fingerprint density at radius 2 is 2.00 bits per heavy atom. The molecular formula is C14H24N4. The first-order chi connectivity index (χ1) is 8.92. The van der Waals surface area contributed by atoms with Crippen molar-refractivity contribution >= 4 is 0 Å². The minimum atomic E-state index is 0.761. The fraction of sp³-hybridized carbons (Fsp3) is 0.857. The van der Waals surface area contributed by atoms with Crippen molar-refractivity contribution in [3.05, 3.63) is 12.2 Å². The van der Waals surface area contributed by atoms with Gasteiger partial charge in [0.15, 0.2) is 0 Å². The van der Waals surface area contributed by atoms with E-state index in [1.807, 2.05) is 6.33 Å². The number of nitrogens with zero attached hydrogens (tertiary/aromatic N) is 3. The van der Waals surface area contributed by atoms with Gasteiger partial charge >= 0.3 is 0 Å². The summed E-state index contributed by atoms with van der Waals surface area (Å²) in [4.78, 5) is 0. The normalized spacial score (nSPS) is 25.7. The number of nitrogens with one attached hydrogen (secondary N) is 1. The van der Waals surface area contributed by atoms with Gasteiger partial charge in [-0.15, -0.1) is 10.2 Å². The van der Waals surface area contributed by atoms with E-state index in [-0.39, 0.29) is 0 Å². The summed E-state index contributed by atoms with van der Waals surface area (Å²) in [5, 5.41) is 11.9. The summed E-state index contributed by atoms with van der Waals surface area (Å²) in [5.41, 5.74) is 0. The first-order valence-electron chi connectivity index (χ1n) is 7.52. The maximum atomic E-state index is 4.15. The van der Waals surface area contributed by atoms with Gasteiger partial charge in [-0.2, -0.15) is 0 Å². The van der Waals surface area contributed by atoms with E-state index in [1.54, 1.807) is 0 Å². The molecule has 1 aliphatic heterocycles. The molecule has 3 rings (SSSR count). The Hall–Kier alpha value is -0.900. The fourth-order valence-electron chi connectivity index (χ4n) is 3.31. The molecular weight excluding hydrogens is 224 g/mol. The summed E-state index contributed by atoms with van der Waals surface area (Å²) in [6.45, 7) is 2.27. The number of hydrogen-bond acceptors (Lipinski definition) is 3. The second-order valence-corrected chi connectivity index (χ2v) is 5.90. The lowest BCUT2D eigenvalue weighted by molar-refractivity contribution is 0.322. The number of rotatable bonds is 3. The van der Waals surface area contributed by atoms with Crippen LogP contribution >= 0.6 is 0 Å². The van der Waals surface area contributed by atoms with Gasteiger partial charge in [0.05, 0.1) is 0 Å². The van der Waals surface area contributed by atoms with E-state index < -0.39 is 0 Å². The van der Waals surface area contributed by atoms with Gasteiger partial charge in [-0.1, -0.05) is 25.7 Å². The summed E-state index contributed by atoms with van der Waals surface area (Å²) in [6.07, 6.45) is 12.7. The molecule has 18 heavy (non-hydrogen) atoms. The SMILES string of the molecule is c1nnc2n1CC(CNC1CCCCCC1)CC2. The van der Waals surface area contributed by atoms with Gasteiger partial charge < -0.3 is 9.88 Å². The largest absolute Gasteiger partial charge is 0.317 e. The van der Waals surface area contributed by atoms with Crippen LogP contribution in [0.3, 0.4) is 0 Å². The van der Waals surface area contributed by atoms with E-state index >= 15 is 0 Å². The quantitative estimate of drug-likeness (QED) is 0.834. The molecule has 0 amide bonds. The van der Waals surface area contributed by atoms with Crippen molar-refractivity contribution in [2.24, 2.45) is 5.92 Å². The number of fused-ring (bicyclic) bond motifs is 1. The zero-order chi connectivity index (χ0) is 12.2. The van der Waals surface area contributed by atoms with Gasteiger partial charge in [0.25, 0.3) is 0 Å². The second-order valence-electron chi connectivity index (χ2n) is 5.90. The molecule has 1 unspecified atom stereocenters. The van der Waals surface area contributed by atoms with Crippen molar-refractivity contribution < 1.29 is 0 Å². The van der Waals surface area contributed by atoms with Crippen LogP contribution in [0.2, 0.25) is 0 Å². The number of hydrogen-bond donors (Lipinski definition) is 1. The Morgan fingerprint density at radius 1 is 1.17 bits per heavy atom. The molecule has 1 aliphatic carbocycles. The molecule has 1 fully saturated rings. The Balaban J connectivity index is 1.46.